The fraction of sp³-hybridized carbons (Fsp3) is 0.500. The van der Waals surface area contributed by atoms with Gasteiger partial charge in [0, 0.05) is 25.4 Å². The number of nitrogens with one attached hydrogen (secondary N) is 1. The first-order valence-electron chi connectivity index (χ1n) is 5.69. The van der Waals surface area contributed by atoms with Crippen molar-refractivity contribution in [3.8, 4) is 0 Å². The summed E-state index contributed by atoms with van der Waals surface area (Å²) < 4.78 is 6.60. The van der Waals surface area contributed by atoms with E-state index >= 15 is 0 Å². The van der Waals surface area contributed by atoms with Crippen LogP contribution in [0.25, 0.3) is 0 Å². The molecule has 1 heterocycles. The van der Waals surface area contributed by atoms with Gasteiger partial charge in [-0.2, -0.15) is 5.10 Å². The summed E-state index contributed by atoms with van der Waals surface area (Å²) in [4.78, 5) is 11.3. The van der Waals surface area contributed by atoms with Gasteiger partial charge in [-0.05, 0) is 13.3 Å². The molecule has 0 spiro atoms. The van der Waals surface area contributed by atoms with E-state index in [9.17, 15) is 4.79 Å². The van der Waals surface area contributed by atoms with Crippen molar-refractivity contribution in [2.75, 3.05) is 18.5 Å². The number of nitrogens with zero attached hydrogens (tertiary/aromatic N) is 2. The molecule has 0 amide bonds. The maximum atomic E-state index is 11.3. The van der Waals surface area contributed by atoms with Gasteiger partial charge in [-0.25, -0.2) is 4.79 Å². The van der Waals surface area contributed by atoms with Crippen molar-refractivity contribution in [3.63, 3.8) is 0 Å². The third kappa shape index (κ3) is 3.62. The Bertz CT molecular complexity index is 410. The molecule has 0 fully saturated rings. The minimum atomic E-state index is -0.359. The second-order valence-corrected chi connectivity index (χ2v) is 3.69. The van der Waals surface area contributed by atoms with Gasteiger partial charge >= 0.3 is 5.97 Å². The van der Waals surface area contributed by atoms with Crippen molar-refractivity contribution in [2.24, 2.45) is 7.05 Å². The van der Waals surface area contributed by atoms with Crippen LogP contribution in [0.3, 0.4) is 0 Å². The Labute approximate surface area is 101 Å². The molecule has 5 heteroatoms. The average molecular weight is 237 g/mol. The predicted octanol–water partition coefficient (Wildman–Crippen LogP) is 1.51. The topological polar surface area (TPSA) is 56.2 Å². The third-order valence-corrected chi connectivity index (χ3v) is 2.30. The molecule has 0 unspecified atom stereocenters. The number of ether oxygens (including phenoxy) is 1. The highest BCUT2D eigenvalue weighted by Crippen LogP contribution is 2.13. The second-order valence-electron chi connectivity index (χ2n) is 3.69. The Hall–Kier alpha value is -1.78. The molecule has 1 aromatic rings. The molecule has 1 aromatic heterocycles. The lowest BCUT2D eigenvalue weighted by atomic mass is 10.2. The minimum Gasteiger partial charge on any atom is -0.463 e. The van der Waals surface area contributed by atoms with Crippen molar-refractivity contribution < 1.29 is 9.53 Å². The van der Waals surface area contributed by atoms with Gasteiger partial charge in [0.15, 0.2) is 0 Å². The summed E-state index contributed by atoms with van der Waals surface area (Å²) in [7, 11) is 1.87. The first kappa shape index (κ1) is 13.3. The highest BCUT2D eigenvalue weighted by molar-refractivity contribution is 5.88. The van der Waals surface area contributed by atoms with Gasteiger partial charge in [-0.3, -0.25) is 4.68 Å². The molecule has 17 heavy (non-hydrogen) atoms. The molecular formula is C12H19N3O2. The van der Waals surface area contributed by atoms with Crippen LogP contribution in [-0.2, 0) is 23.0 Å². The van der Waals surface area contributed by atoms with Crippen LogP contribution in [-0.4, -0.2) is 28.9 Å². The summed E-state index contributed by atoms with van der Waals surface area (Å²) in [5.74, 6) is -0.359. The monoisotopic (exact) mass is 237 g/mol. The van der Waals surface area contributed by atoms with Gasteiger partial charge in [0.25, 0.3) is 0 Å². The molecule has 0 radical (unpaired) electrons. The molecule has 0 aliphatic rings. The molecule has 0 saturated heterocycles. The summed E-state index contributed by atoms with van der Waals surface area (Å²) in [5.41, 5.74) is 2.32. The van der Waals surface area contributed by atoms with Crippen LogP contribution in [0.5, 0.6) is 0 Å². The number of aromatic nitrogens is 2. The number of carbonyl (C=O) groups is 1. The third-order valence-electron chi connectivity index (χ3n) is 2.30. The summed E-state index contributed by atoms with van der Waals surface area (Å²) in [6, 6.07) is 0. The lowest BCUT2D eigenvalue weighted by molar-refractivity contribution is -0.138. The van der Waals surface area contributed by atoms with Gasteiger partial charge in [-0.1, -0.05) is 13.5 Å². The summed E-state index contributed by atoms with van der Waals surface area (Å²) in [6.45, 7) is 8.23. The van der Waals surface area contributed by atoms with E-state index in [0.717, 1.165) is 17.8 Å². The molecular weight excluding hydrogens is 218 g/mol. The summed E-state index contributed by atoms with van der Waals surface area (Å²) in [5, 5.41) is 7.44. The van der Waals surface area contributed by atoms with E-state index in [4.69, 9.17) is 4.74 Å². The highest BCUT2D eigenvalue weighted by Gasteiger charge is 2.10. The highest BCUT2D eigenvalue weighted by atomic mass is 16.5. The van der Waals surface area contributed by atoms with Crippen LogP contribution < -0.4 is 5.32 Å². The molecule has 0 aliphatic carbocycles. The fourth-order valence-corrected chi connectivity index (χ4v) is 1.45. The van der Waals surface area contributed by atoms with Crippen molar-refractivity contribution >= 4 is 11.7 Å². The van der Waals surface area contributed by atoms with Crippen LogP contribution in [0.2, 0.25) is 0 Å². The maximum absolute atomic E-state index is 11.3. The maximum Gasteiger partial charge on any atom is 0.335 e. The molecule has 0 atom stereocenters. The Morgan fingerprint density at radius 3 is 2.88 bits per heavy atom. The standard InChI is InChI=1S/C12H19N3O2/c1-5-10-11(8-15(4)14-10)13-7-9(3)12(16)17-6-2/h8,13H,3,5-7H2,1-2,4H3. The van der Waals surface area contributed by atoms with Crippen LogP contribution >= 0.6 is 0 Å². The van der Waals surface area contributed by atoms with Gasteiger partial charge in [0.2, 0.25) is 0 Å². The summed E-state index contributed by atoms with van der Waals surface area (Å²) >= 11 is 0. The quantitative estimate of drug-likeness (QED) is 0.602. The van der Waals surface area contributed by atoms with Crippen molar-refractivity contribution in [2.45, 2.75) is 20.3 Å². The Balaban J connectivity index is 2.55. The van der Waals surface area contributed by atoms with E-state index in [1.165, 1.54) is 0 Å². The Kier molecular flexibility index (Phi) is 4.75. The number of carbonyl (C=O) groups excluding carboxylic acids is 1. The zero-order chi connectivity index (χ0) is 12.8. The van der Waals surface area contributed by atoms with E-state index in [1.807, 2.05) is 20.2 Å². The summed E-state index contributed by atoms with van der Waals surface area (Å²) in [6.07, 6.45) is 2.73. The Morgan fingerprint density at radius 2 is 2.29 bits per heavy atom. The first-order chi connectivity index (χ1) is 8.08. The molecule has 0 aromatic carbocycles. The van der Waals surface area contributed by atoms with Gasteiger partial charge < -0.3 is 10.1 Å². The minimum absolute atomic E-state index is 0.359. The van der Waals surface area contributed by atoms with E-state index in [-0.39, 0.29) is 5.97 Å². The van der Waals surface area contributed by atoms with Gasteiger partial charge in [0.05, 0.1) is 18.0 Å². The molecule has 0 bridgehead atoms. The molecule has 0 aliphatic heterocycles. The SMILES string of the molecule is C=C(CNc1cn(C)nc1CC)C(=O)OCC. The number of hydrogen-bond donors (Lipinski definition) is 1. The van der Waals surface area contributed by atoms with E-state index in [2.05, 4.69) is 17.0 Å². The van der Waals surface area contributed by atoms with Crippen molar-refractivity contribution in [1.29, 1.82) is 0 Å². The van der Waals surface area contributed by atoms with E-state index in [1.54, 1.807) is 11.6 Å². The van der Waals surface area contributed by atoms with Gasteiger partial charge in [0.1, 0.15) is 0 Å². The predicted molar refractivity (Wildman–Crippen MR) is 66.8 cm³/mol. The van der Waals surface area contributed by atoms with Crippen LogP contribution in [0, 0.1) is 0 Å². The molecule has 94 valence electrons. The second kappa shape index (κ2) is 6.08. The largest absolute Gasteiger partial charge is 0.463 e. The lowest BCUT2D eigenvalue weighted by Gasteiger charge is -2.07. The zero-order valence-electron chi connectivity index (χ0n) is 10.6. The molecule has 1 rings (SSSR count). The number of esters is 1. The van der Waals surface area contributed by atoms with Crippen LogP contribution in [0.1, 0.15) is 19.5 Å². The van der Waals surface area contributed by atoms with Crippen LogP contribution in [0.15, 0.2) is 18.3 Å². The van der Waals surface area contributed by atoms with E-state index < -0.39 is 0 Å². The Morgan fingerprint density at radius 1 is 1.59 bits per heavy atom. The first-order valence-corrected chi connectivity index (χ1v) is 5.69. The van der Waals surface area contributed by atoms with Crippen molar-refractivity contribution in [1.82, 2.24) is 9.78 Å². The number of rotatable bonds is 6. The molecule has 5 nitrogen and oxygen atoms in total. The fourth-order valence-electron chi connectivity index (χ4n) is 1.45. The normalized spacial score (nSPS) is 10.1. The van der Waals surface area contributed by atoms with Gasteiger partial charge in [-0.15, -0.1) is 0 Å². The number of anilines is 1. The zero-order valence-corrected chi connectivity index (χ0v) is 10.6. The van der Waals surface area contributed by atoms with Crippen molar-refractivity contribution in [3.05, 3.63) is 24.0 Å². The molecule has 0 saturated carbocycles. The lowest BCUT2D eigenvalue weighted by Crippen LogP contribution is -2.15. The van der Waals surface area contributed by atoms with Crippen LogP contribution in [0.4, 0.5) is 5.69 Å². The average Bonchev–Trinajstić information content (AvgIpc) is 2.66. The number of aryl methyl sites for hydroxylation is 2. The smallest absolute Gasteiger partial charge is 0.335 e. The number of hydrogen-bond acceptors (Lipinski definition) is 4. The van der Waals surface area contributed by atoms with E-state index in [0.29, 0.717) is 18.7 Å². The molecule has 1 N–H and O–H groups in total.